The fourth-order valence-electron chi connectivity index (χ4n) is 3.66. The molecule has 3 aromatic rings. The van der Waals surface area contributed by atoms with Gasteiger partial charge in [0.05, 0.1) is 15.4 Å². The number of ether oxygens (including phenoxy) is 1. The molecule has 1 atom stereocenters. The van der Waals surface area contributed by atoms with Gasteiger partial charge in [-0.1, -0.05) is 0 Å². The number of rotatable bonds is 4. The number of likely N-dealkylation sites (tertiary alicyclic amines) is 1. The molecule has 1 aliphatic heterocycles. The van der Waals surface area contributed by atoms with Crippen LogP contribution in [0.25, 0.3) is 10.3 Å². The van der Waals surface area contributed by atoms with Crippen LogP contribution in [0.3, 0.4) is 0 Å². The van der Waals surface area contributed by atoms with Gasteiger partial charge in [-0.05, 0) is 52.7 Å². The maximum Gasteiger partial charge on any atom is 0.217 e. The fraction of sp³-hybridized carbons (Fsp3) is 0.500. The van der Waals surface area contributed by atoms with Crippen molar-refractivity contribution in [3.8, 4) is 5.88 Å². The molecule has 1 fully saturated rings. The second-order valence-electron chi connectivity index (χ2n) is 7.21. The van der Waals surface area contributed by atoms with Crippen molar-refractivity contribution >= 4 is 21.7 Å². The zero-order chi connectivity index (χ0) is 19.0. The maximum atomic E-state index is 6.11. The summed E-state index contributed by atoms with van der Waals surface area (Å²) < 4.78 is 7.27. The lowest BCUT2D eigenvalue weighted by Crippen LogP contribution is -2.39. The second-order valence-corrected chi connectivity index (χ2v) is 8.45. The van der Waals surface area contributed by atoms with Crippen molar-refractivity contribution in [1.29, 1.82) is 0 Å². The van der Waals surface area contributed by atoms with E-state index in [4.69, 9.17) is 9.72 Å². The van der Waals surface area contributed by atoms with Crippen molar-refractivity contribution < 1.29 is 4.74 Å². The summed E-state index contributed by atoms with van der Waals surface area (Å²) in [5.41, 5.74) is 2.91. The predicted molar refractivity (Wildman–Crippen MR) is 107 cm³/mol. The van der Waals surface area contributed by atoms with E-state index in [0.717, 1.165) is 58.5 Å². The van der Waals surface area contributed by atoms with E-state index in [1.807, 2.05) is 26.8 Å². The Kier molecular flexibility index (Phi) is 5.06. The monoisotopic (exact) mass is 383 g/mol. The Bertz CT molecular complexity index is 928. The lowest BCUT2D eigenvalue weighted by atomic mass is 10.0. The van der Waals surface area contributed by atoms with Crippen molar-refractivity contribution in [2.75, 3.05) is 13.1 Å². The smallest absolute Gasteiger partial charge is 0.217 e. The molecular formula is C20H25N5OS. The van der Waals surface area contributed by atoms with Crippen molar-refractivity contribution in [3.05, 3.63) is 40.4 Å². The van der Waals surface area contributed by atoms with Crippen LogP contribution in [0.15, 0.2) is 18.2 Å². The van der Waals surface area contributed by atoms with Crippen LogP contribution >= 0.6 is 11.3 Å². The van der Waals surface area contributed by atoms with E-state index in [1.165, 1.54) is 0 Å². The molecule has 0 aromatic carbocycles. The highest BCUT2D eigenvalue weighted by atomic mass is 32.1. The van der Waals surface area contributed by atoms with Crippen LogP contribution in [-0.2, 0) is 0 Å². The summed E-state index contributed by atoms with van der Waals surface area (Å²) in [7, 11) is 0. The van der Waals surface area contributed by atoms with Gasteiger partial charge in [0, 0.05) is 30.9 Å². The highest BCUT2D eigenvalue weighted by Crippen LogP contribution is 2.27. The SMILES string of the molecule is Cc1cc(OC2CCN(C(C)c3ccc4sc(C)nc4n3)CC2)nc(C)n1. The van der Waals surface area contributed by atoms with Crippen molar-refractivity contribution in [3.63, 3.8) is 0 Å². The normalized spacial score (nSPS) is 17.3. The minimum atomic E-state index is 0.207. The summed E-state index contributed by atoms with van der Waals surface area (Å²) in [4.78, 5) is 20.5. The molecule has 0 spiro atoms. The average molecular weight is 384 g/mol. The molecule has 6 nitrogen and oxygen atoms in total. The van der Waals surface area contributed by atoms with Gasteiger partial charge in [0.2, 0.25) is 5.88 Å². The Morgan fingerprint density at radius 3 is 2.59 bits per heavy atom. The number of nitrogens with zero attached hydrogens (tertiary/aromatic N) is 5. The summed E-state index contributed by atoms with van der Waals surface area (Å²) in [6.45, 7) is 10.1. The van der Waals surface area contributed by atoms with E-state index < -0.39 is 0 Å². The van der Waals surface area contributed by atoms with Crippen LogP contribution in [0.2, 0.25) is 0 Å². The van der Waals surface area contributed by atoms with E-state index in [9.17, 15) is 0 Å². The van der Waals surface area contributed by atoms with E-state index in [0.29, 0.717) is 5.88 Å². The molecule has 1 saturated heterocycles. The van der Waals surface area contributed by atoms with Gasteiger partial charge < -0.3 is 4.74 Å². The molecule has 142 valence electrons. The number of thiazole rings is 1. The number of hydrogen-bond donors (Lipinski definition) is 0. The van der Waals surface area contributed by atoms with Gasteiger partial charge in [0.1, 0.15) is 11.9 Å². The summed E-state index contributed by atoms with van der Waals surface area (Å²) >= 11 is 1.70. The molecule has 27 heavy (non-hydrogen) atoms. The van der Waals surface area contributed by atoms with Crippen LogP contribution in [-0.4, -0.2) is 44.0 Å². The standard InChI is InChI=1S/C20H25N5OS/c1-12-11-19(22-14(3)21-12)26-16-7-9-25(10-8-16)13(2)17-5-6-18-20(24-17)23-15(4)27-18/h5-6,11,13,16H,7-10H2,1-4H3. The maximum absolute atomic E-state index is 6.11. The fourth-order valence-corrected chi connectivity index (χ4v) is 4.42. The lowest BCUT2D eigenvalue weighted by Gasteiger charge is -2.35. The Hall–Kier alpha value is -2.12. The molecule has 1 aliphatic rings. The number of hydrogen-bond acceptors (Lipinski definition) is 7. The number of fused-ring (bicyclic) bond motifs is 1. The van der Waals surface area contributed by atoms with Crippen molar-refractivity contribution in [2.45, 2.75) is 52.7 Å². The van der Waals surface area contributed by atoms with E-state index in [2.05, 4.69) is 38.9 Å². The van der Waals surface area contributed by atoms with Crippen LogP contribution in [0.1, 0.15) is 48.0 Å². The third-order valence-electron chi connectivity index (χ3n) is 5.06. The highest BCUT2D eigenvalue weighted by molar-refractivity contribution is 7.18. The molecule has 0 N–H and O–H groups in total. The first-order chi connectivity index (χ1) is 13.0. The molecule has 0 saturated carbocycles. The number of pyridine rings is 1. The Labute approximate surface area is 163 Å². The zero-order valence-corrected chi connectivity index (χ0v) is 17.1. The largest absolute Gasteiger partial charge is 0.474 e. The van der Waals surface area contributed by atoms with E-state index in [-0.39, 0.29) is 12.1 Å². The summed E-state index contributed by atoms with van der Waals surface area (Å²) in [5.74, 6) is 1.45. The van der Waals surface area contributed by atoms with Crippen LogP contribution in [0.4, 0.5) is 0 Å². The van der Waals surface area contributed by atoms with Gasteiger partial charge in [-0.2, -0.15) is 4.98 Å². The minimum Gasteiger partial charge on any atom is -0.474 e. The first-order valence-electron chi connectivity index (χ1n) is 9.45. The molecule has 0 amide bonds. The molecule has 1 unspecified atom stereocenters. The first kappa shape index (κ1) is 18.3. The van der Waals surface area contributed by atoms with Crippen LogP contribution in [0, 0.1) is 20.8 Å². The lowest BCUT2D eigenvalue weighted by molar-refractivity contribution is 0.0756. The van der Waals surface area contributed by atoms with Gasteiger partial charge in [-0.15, -0.1) is 11.3 Å². The second kappa shape index (κ2) is 7.48. The Morgan fingerprint density at radius 2 is 1.85 bits per heavy atom. The average Bonchev–Trinajstić information content (AvgIpc) is 3.00. The molecular weight excluding hydrogens is 358 g/mol. The third-order valence-corrected chi connectivity index (χ3v) is 5.99. The van der Waals surface area contributed by atoms with Crippen LogP contribution < -0.4 is 4.74 Å². The third kappa shape index (κ3) is 4.09. The molecule has 4 heterocycles. The van der Waals surface area contributed by atoms with Gasteiger partial charge in [-0.25, -0.2) is 15.0 Å². The summed E-state index contributed by atoms with van der Waals surface area (Å²) in [6, 6.07) is 6.48. The van der Waals surface area contributed by atoms with E-state index >= 15 is 0 Å². The topological polar surface area (TPSA) is 64.0 Å². The quantitative estimate of drug-likeness (QED) is 0.678. The molecule has 0 bridgehead atoms. The highest BCUT2D eigenvalue weighted by Gasteiger charge is 2.26. The summed E-state index contributed by atoms with van der Waals surface area (Å²) in [5, 5.41) is 1.07. The summed E-state index contributed by atoms with van der Waals surface area (Å²) in [6.07, 6.45) is 2.19. The van der Waals surface area contributed by atoms with Gasteiger partial charge >= 0.3 is 0 Å². The predicted octanol–water partition coefficient (Wildman–Crippen LogP) is 4.01. The number of aromatic nitrogens is 4. The Morgan fingerprint density at radius 1 is 1.07 bits per heavy atom. The number of piperidine rings is 1. The van der Waals surface area contributed by atoms with Gasteiger partial charge in [-0.3, -0.25) is 4.90 Å². The van der Waals surface area contributed by atoms with Gasteiger partial charge in [0.25, 0.3) is 0 Å². The van der Waals surface area contributed by atoms with Gasteiger partial charge in [0.15, 0.2) is 5.65 Å². The van der Waals surface area contributed by atoms with Crippen molar-refractivity contribution in [2.24, 2.45) is 0 Å². The van der Waals surface area contributed by atoms with Crippen molar-refractivity contribution in [1.82, 2.24) is 24.8 Å². The Balaban J connectivity index is 1.38. The molecule has 0 aliphatic carbocycles. The molecule has 0 radical (unpaired) electrons. The van der Waals surface area contributed by atoms with Crippen LogP contribution in [0.5, 0.6) is 5.88 Å². The van der Waals surface area contributed by atoms with E-state index in [1.54, 1.807) is 11.3 Å². The first-order valence-corrected chi connectivity index (χ1v) is 10.3. The number of aryl methyl sites for hydroxylation is 3. The molecule has 7 heteroatoms. The minimum absolute atomic E-state index is 0.207. The molecule has 3 aromatic heterocycles. The zero-order valence-electron chi connectivity index (χ0n) is 16.3. The molecule has 4 rings (SSSR count).